The summed E-state index contributed by atoms with van der Waals surface area (Å²) in [5.41, 5.74) is 2.27. The molecule has 3 rings (SSSR count). The minimum atomic E-state index is -0.350. The van der Waals surface area contributed by atoms with Crippen molar-refractivity contribution in [2.24, 2.45) is 11.8 Å². The molecule has 1 saturated heterocycles. The van der Waals surface area contributed by atoms with Crippen molar-refractivity contribution in [1.82, 2.24) is 9.80 Å². The Morgan fingerprint density at radius 1 is 1.32 bits per heavy atom. The summed E-state index contributed by atoms with van der Waals surface area (Å²) in [4.78, 5) is 27.3. The Hall–Kier alpha value is -1.95. The SMILES string of the molecule is Cc1c(CN2CCN(C(=O)C(C)C3CC3)CC2)cc(F)cc1NC=O. The average molecular weight is 347 g/mol. The lowest BCUT2D eigenvalue weighted by atomic mass is 10.0. The van der Waals surface area contributed by atoms with Crippen LogP contribution in [-0.4, -0.2) is 48.3 Å². The summed E-state index contributed by atoms with van der Waals surface area (Å²) < 4.78 is 13.8. The van der Waals surface area contributed by atoms with E-state index in [1.165, 1.54) is 25.0 Å². The summed E-state index contributed by atoms with van der Waals surface area (Å²) in [7, 11) is 0. The summed E-state index contributed by atoms with van der Waals surface area (Å²) in [5, 5.41) is 2.55. The summed E-state index contributed by atoms with van der Waals surface area (Å²) >= 11 is 0. The maximum Gasteiger partial charge on any atom is 0.225 e. The Bertz CT molecular complexity index is 652. The fourth-order valence-corrected chi connectivity index (χ4v) is 3.57. The van der Waals surface area contributed by atoms with E-state index in [1.54, 1.807) is 0 Å². The zero-order valence-corrected chi connectivity index (χ0v) is 14.9. The standard InChI is InChI=1S/C19H26FN3O2/c1-13-16(9-17(20)10-18(13)21-12-24)11-22-5-7-23(8-6-22)19(25)14(2)15-3-4-15/h9-10,12,14-15H,3-8,11H2,1-2H3,(H,21,24). The largest absolute Gasteiger partial charge is 0.340 e. The van der Waals surface area contributed by atoms with E-state index in [-0.39, 0.29) is 17.6 Å². The predicted octanol–water partition coefficient (Wildman–Crippen LogP) is 2.39. The number of nitrogens with one attached hydrogen (secondary N) is 1. The number of rotatable bonds is 6. The molecule has 1 heterocycles. The van der Waals surface area contributed by atoms with Gasteiger partial charge in [0.1, 0.15) is 5.82 Å². The van der Waals surface area contributed by atoms with Gasteiger partial charge in [0.2, 0.25) is 12.3 Å². The highest BCUT2D eigenvalue weighted by Crippen LogP contribution is 2.37. The molecule has 0 spiro atoms. The van der Waals surface area contributed by atoms with Crippen LogP contribution in [0.5, 0.6) is 0 Å². The van der Waals surface area contributed by atoms with Crippen LogP contribution in [0, 0.1) is 24.6 Å². The van der Waals surface area contributed by atoms with Gasteiger partial charge < -0.3 is 10.2 Å². The molecule has 5 nitrogen and oxygen atoms in total. The molecule has 2 aliphatic rings. The van der Waals surface area contributed by atoms with Gasteiger partial charge in [-0.05, 0) is 48.9 Å². The van der Waals surface area contributed by atoms with Crippen LogP contribution >= 0.6 is 0 Å². The normalized spacial score (nSPS) is 19.6. The molecule has 1 aliphatic heterocycles. The molecule has 0 bridgehead atoms. The van der Waals surface area contributed by atoms with Gasteiger partial charge in [-0.15, -0.1) is 0 Å². The minimum Gasteiger partial charge on any atom is -0.340 e. The van der Waals surface area contributed by atoms with E-state index in [0.29, 0.717) is 24.6 Å². The van der Waals surface area contributed by atoms with Gasteiger partial charge in [0.25, 0.3) is 0 Å². The maximum atomic E-state index is 13.8. The molecule has 0 radical (unpaired) electrons. The Morgan fingerprint density at radius 2 is 2.00 bits per heavy atom. The lowest BCUT2D eigenvalue weighted by molar-refractivity contribution is -0.137. The Kier molecular flexibility index (Phi) is 5.37. The van der Waals surface area contributed by atoms with Crippen molar-refractivity contribution < 1.29 is 14.0 Å². The fourth-order valence-electron chi connectivity index (χ4n) is 3.57. The number of piperazine rings is 1. The number of hydrogen-bond donors (Lipinski definition) is 1. The van der Waals surface area contributed by atoms with Crippen LogP contribution in [0.3, 0.4) is 0 Å². The first kappa shape index (κ1) is 17.9. The zero-order valence-electron chi connectivity index (χ0n) is 14.9. The number of amides is 2. The highest BCUT2D eigenvalue weighted by molar-refractivity contribution is 5.79. The number of carbonyl (C=O) groups is 2. The van der Waals surface area contributed by atoms with Gasteiger partial charge in [0, 0.05) is 44.3 Å². The van der Waals surface area contributed by atoms with Crippen molar-refractivity contribution in [1.29, 1.82) is 0 Å². The molecule has 1 saturated carbocycles. The molecule has 1 unspecified atom stereocenters. The third-order valence-electron chi connectivity index (χ3n) is 5.49. The highest BCUT2D eigenvalue weighted by Gasteiger charge is 2.35. The van der Waals surface area contributed by atoms with Crippen LogP contribution in [0.2, 0.25) is 0 Å². The van der Waals surface area contributed by atoms with Gasteiger partial charge in [-0.2, -0.15) is 0 Å². The van der Waals surface area contributed by atoms with Crippen LogP contribution in [0.4, 0.5) is 10.1 Å². The molecule has 1 aromatic rings. The smallest absolute Gasteiger partial charge is 0.225 e. The van der Waals surface area contributed by atoms with Crippen LogP contribution in [0.15, 0.2) is 12.1 Å². The molecule has 2 amide bonds. The number of anilines is 1. The van der Waals surface area contributed by atoms with Crippen LogP contribution in [0.1, 0.15) is 30.9 Å². The van der Waals surface area contributed by atoms with E-state index in [4.69, 9.17) is 0 Å². The molecular formula is C19H26FN3O2. The van der Waals surface area contributed by atoms with Gasteiger partial charge in [-0.1, -0.05) is 6.92 Å². The van der Waals surface area contributed by atoms with Crippen molar-refractivity contribution in [2.75, 3.05) is 31.5 Å². The van der Waals surface area contributed by atoms with Crippen molar-refractivity contribution >= 4 is 18.0 Å². The molecule has 136 valence electrons. The van der Waals surface area contributed by atoms with E-state index in [1.807, 2.05) is 18.7 Å². The van der Waals surface area contributed by atoms with Crippen molar-refractivity contribution in [3.63, 3.8) is 0 Å². The zero-order chi connectivity index (χ0) is 18.0. The van der Waals surface area contributed by atoms with Crippen molar-refractivity contribution in [3.8, 4) is 0 Å². The molecule has 1 aromatic carbocycles. The van der Waals surface area contributed by atoms with E-state index < -0.39 is 0 Å². The number of carbonyl (C=O) groups excluding carboxylic acids is 2. The first-order valence-corrected chi connectivity index (χ1v) is 9.00. The number of halogens is 1. The molecule has 1 atom stereocenters. The molecule has 2 fully saturated rings. The first-order chi connectivity index (χ1) is 12.0. The molecule has 6 heteroatoms. The second-order valence-electron chi connectivity index (χ2n) is 7.23. The van der Waals surface area contributed by atoms with Gasteiger partial charge in [-0.3, -0.25) is 14.5 Å². The summed E-state index contributed by atoms with van der Waals surface area (Å²) in [5.74, 6) is 0.664. The van der Waals surface area contributed by atoms with Gasteiger partial charge in [0.05, 0.1) is 0 Å². The Morgan fingerprint density at radius 3 is 2.60 bits per heavy atom. The molecule has 25 heavy (non-hydrogen) atoms. The molecule has 1 aliphatic carbocycles. The number of hydrogen-bond acceptors (Lipinski definition) is 3. The lowest BCUT2D eigenvalue weighted by Gasteiger charge is -2.36. The minimum absolute atomic E-state index is 0.147. The third kappa shape index (κ3) is 4.18. The fraction of sp³-hybridized carbons (Fsp3) is 0.579. The maximum absolute atomic E-state index is 13.8. The second kappa shape index (κ2) is 7.52. The van der Waals surface area contributed by atoms with E-state index in [0.717, 1.165) is 37.3 Å². The van der Waals surface area contributed by atoms with Gasteiger partial charge in [0.15, 0.2) is 0 Å². The lowest BCUT2D eigenvalue weighted by Crippen LogP contribution is -2.50. The second-order valence-corrected chi connectivity index (χ2v) is 7.23. The summed E-state index contributed by atoms with van der Waals surface area (Å²) in [6.45, 7) is 7.58. The molecule has 1 N–H and O–H groups in total. The topological polar surface area (TPSA) is 52.6 Å². The quantitative estimate of drug-likeness (QED) is 0.804. The third-order valence-corrected chi connectivity index (χ3v) is 5.49. The molecular weight excluding hydrogens is 321 g/mol. The number of benzene rings is 1. The van der Waals surface area contributed by atoms with Crippen LogP contribution < -0.4 is 5.32 Å². The summed E-state index contributed by atoms with van der Waals surface area (Å²) in [6.07, 6.45) is 2.93. The van der Waals surface area contributed by atoms with Gasteiger partial charge >= 0.3 is 0 Å². The predicted molar refractivity (Wildman–Crippen MR) is 94.6 cm³/mol. The van der Waals surface area contributed by atoms with Gasteiger partial charge in [-0.25, -0.2) is 4.39 Å². The average Bonchev–Trinajstić information content (AvgIpc) is 3.43. The van der Waals surface area contributed by atoms with Crippen molar-refractivity contribution in [2.45, 2.75) is 33.2 Å². The van der Waals surface area contributed by atoms with E-state index in [9.17, 15) is 14.0 Å². The van der Waals surface area contributed by atoms with Crippen LogP contribution in [-0.2, 0) is 16.1 Å². The number of nitrogens with zero attached hydrogens (tertiary/aromatic N) is 2. The Balaban J connectivity index is 1.59. The monoisotopic (exact) mass is 347 g/mol. The highest BCUT2D eigenvalue weighted by atomic mass is 19.1. The summed E-state index contributed by atoms with van der Waals surface area (Å²) in [6, 6.07) is 2.86. The van der Waals surface area contributed by atoms with Crippen molar-refractivity contribution in [3.05, 3.63) is 29.1 Å². The molecule has 0 aromatic heterocycles. The van der Waals surface area contributed by atoms with E-state index in [2.05, 4.69) is 10.2 Å². The first-order valence-electron chi connectivity index (χ1n) is 9.00. The van der Waals surface area contributed by atoms with Crippen LogP contribution in [0.25, 0.3) is 0 Å². The van der Waals surface area contributed by atoms with E-state index >= 15 is 0 Å². The Labute approximate surface area is 148 Å².